The molecule has 0 unspecified atom stereocenters. The topological polar surface area (TPSA) is 21.3 Å². The van der Waals surface area contributed by atoms with Crippen molar-refractivity contribution in [2.75, 3.05) is 0 Å². The molecule has 1 aliphatic rings. The molecular formula is C18H20BrNO. The van der Waals surface area contributed by atoms with E-state index >= 15 is 0 Å². The van der Waals surface area contributed by atoms with Crippen molar-refractivity contribution in [3.05, 3.63) is 63.6 Å². The minimum Gasteiger partial charge on any atom is -0.489 e. The molecule has 3 rings (SSSR count). The van der Waals surface area contributed by atoms with E-state index in [4.69, 9.17) is 4.74 Å². The quantitative estimate of drug-likeness (QED) is 0.826. The van der Waals surface area contributed by atoms with Crippen LogP contribution in [0.5, 0.6) is 5.75 Å². The van der Waals surface area contributed by atoms with Gasteiger partial charge in [0.1, 0.15) is 12.4 Å². The molecule has 0 spiro atoms. The summed E-state index contributed by atoms with van der Waals surface area (Å²) in [4.78, 5) is 0. The highest BCUT2D eigenvalue weighted by molar-refractivity contribution is 9.10. The van der Waals surface area contributed by atoms with Crippen LogP contribution < -0.4 is 10.1 Å². The van der Waals surface area contributed by atoms with Gasteiger partial charge in [-0.1, -0.05) is 40.2 Å². The van der Waals surface area contributed by atoms with E-state index < -0.39 is 0 Å². The lowest BCUT2D eigenvalue weighted by molar-refractivity contribution is 0.302. The Bertz CT molecular complexity index is 622. The van der Waals surface area contributed by atoms with E-state index in [1.54, 1.807) is 0 Å². The average molecular weight is 346 g/mol. The minimum atomic E-state index is 0.616. The molecule has 2 aromatic rings. The number of hydrogen-bond acceptors (Lipinski definition) is 2. The van der Waals surface area contributed by atoms with Crippen LogP contribution in [0.3, 0.4) is 0 Å². The molecule has 0 atom stereocenters. The molecule has 2 nitrogen and oxygen atoms in total. The smallest absolute Gasteiger partial charge is 0.122 e. The molecule has 0 bridgehead atoms. The summed E-state index contributed by atoms with van der Waals surface area (Å²) in [6.45, 7) is 3.62. The summed E-state index contributed by atoms with van der Waals surface area (Å²) in [5.41, 5.74) is 3.74. The Morgan fingerprint density at radius 2 is 1.90 bits per heavy atom. The van der Waals surface area contributed by atoms with Gasteiger partial charge in [-0.25, -0.2) is 0 Å². The monoisotopic (exact) mass is 345 g/mol. The summed E-state index contributed by atoms with van der Waals surface area (Å²) in [6.07, 6.45) is 2.63. The Morgan fingerprint density at radius 1 is 1.14 bits per heavy atom. The lowest BCUT2D eigenvalue weighted by Gasteiger charge is -2.13. The number of rotatable bonds is 6. The first-order chi connectivity index (χ1) is 10.2. The molecule has 0 saturated heterocycles. The fraction of sp³-hybridized carbons (Fsp3) is 0.333. The van der Waals surface area contributed by atoms with Gasteiger partial charge in [-0.3, -0.25) is 0 Å². The van der Waals surface area contributed by atoms with E-state index in [1.165, 1.54) is 24.0 Å². The third-order valence-corrected chi connectivity index (χ3v) is 4.29. The molecule has 0 aromatic heterocycles. The summed E-state index contributed by atoms with van der Waals surface area (Å²) < 4.78 is 7.08. The number of nitrogens with one attached hydrogen (secondary N) is 1. The summed E-state index contributed by atoms with van der Waals surface area (Å²) >= 11 is 3.48. The summed E-state index contributed by atoms with van der Waals surface area (Å²) in [6, 6.07) is 15.4. The second kappa shape index (κ2) is 6.63. The van der Waals surface area contributed by atoms with E-state index in [2.05, 4.69) is 58.5 Å². The summed E-state index contributed by atoms with van der Waals surface area (Å²) in [5, 5.41) is 3.57. The van der Waals surface area contributed by atoms with Crippen LogP contribution in [0.2, 0.25) is 0 Å². The van der Waals surface area contributed by atoms with Gasteiger partial charge in [-0.05, 0) is 54.7 Å². The van der Waals surface area contributed by atoms with E-state index in [0.29, 0.717) is 6.61 Å². The fourth-order valence-electron chi connectivity index (χ4n) is 2.34. The second-order valence-electron chi connectivity index (χ2n) is 5.62. The van der Waals surface area contributed by atoms with E-state index in [0.717, 1.165) is 28.4 Å². The van der Waals surface area contributed by atoms with Gasteiger partial charge in [0.15, 0.2) is 0 Å². The van der Waals surface area contributed by atoms with E-state index in [1.807, 2.05) is 12.1 Å². The molecule has 1 N–H and O–H groups in total. The lowest BCUT2D eigenvalue weighted by Crippen LogP contribution is -2.16. The molecule has 0 aliphatic heterocycles. The zero-order valence-electron chi connectivity index (χ0n) is 12.2. The third-order valence-electron chi connectivity index (χ3n) is 3.80. The fourth-order valence-corrected chi connectivity index (χ4v) is 2.82. The predicted molar refractivity (Wildman–Crippen MR) is 89.5 cm³/mol. The van der Waals surface area contributed by atoms with Gasteiger partial charge in [-0.2, -0.15) is 0 Å². The zero-order valence-corrected chi connectivity index (χ0v) is 13.8. The first kappa shape index (κ1) is 14.6. The molecule has 1 aliphatic carbocycles. The molecule has 21 heavy (non-hydrogen) atoms. The maximum absolute atomic E-state index is 5.99. The van der Waals surface area contributed by atoms with E-state index in [-0.39, 0.29) is 0 Å². The minimum absolute atomic E-state index is 0.616. The van der Waals surface area contributed by atoms with Crippen LogP contribution in [0.4, 0.5) is 0 Å². The molecule has 2 aromatic carbocycles. The van der Waals surface area contributed by atoms with Gasteiger partial charge in [0, 0.05) is 17.1 Å². The second-order valence-corrected chi connectivity index (χ2v) is 6.54. The molecule has 3 heteroatoms. The Kier molecular flexibility index (Phi) is 4.61. The maximum atomic E-state index is 5.99. The van der Waals surface area contributed by atoms with Gasteiger partial charge in [0.05, 0.1) is 0 Å². The van der Waals surface area contributed by atoms with Crippen molar-refractivity contribution >= 4 is 15.9 Å². The standard InChI is InChI=1S/C18H20BrNO/c1-13-10-16(19)6-9-18(13)21-12-15-5-3-2-4-14(15)11-20-17-7-8-17/h2-6,9-10,17,20H,7-8,11-12H2,1H3. The summed E-state index contributed by atoms with van der Waals surface area (Å²) in [5.74, 6) is 0.947. The summed E-state index contributed by atoms with van der Waals surface area (Å²) in [7, 11) is 0. The normalized spacial score (nSPS) is 14.2. The molecule has 1 fully saturated rings. The SMILES string of the molecule is Cc1cc(Br)ccc1OCc1ccccc1CNC1CC1. The van der Waals surface area contributed by atoms with Crippen LogP contribution in [0.1, 0.15) is 29.5 Å². The average Bonchev–Trinajstić information content (AvgIpc) is 3.29. The highest BCUT2D eigenvalue weighted by atomic mass is 79.9. The number of hydrogen-bond donors (Lipinski definition) is 1. The van der Waals surface area contributed by atoms with Crippen molar-refractivity contribution < 1.29 is 4.74 Å². The highest BCUT2D eigenvalue weighted by Crippen LogP contribution is 2.24. The van der Waals surface area contributed by atoms with Gasteiger partial charge in [0.2, 0.25) is 0 Å². The maximum Gasteiger partial charge on any atom is 0.122 e. The van der Waals surface area contributed by atoms with Crippen LogP contribution >= 0.6 is 15.9 Å². The Balaban J connectivity index is 1.66. The van der Waals surface area contributed by atoms with Crippen molar-refractivity contribution in [2.45, 2.75) is 39.0 Å². The van der Waals surface area contributed by atoms with Crippen LogP contribution in [0.15, 0.2) is 46.9 Å². The number of halogens is 1. The number of benzene rings is 2. The van der Waals surface area contributed by atoms with Crippen LogP contribution in [-0.2, 0) is 13.2 Å². The van der Waals surface area contributed by atoms with Crippen molar-refractivity contribution in [3.8, 4) is 5.75 Å². The van der Waals surface area contributed by atoms with Crippen LogP contribution in [0.25, 0.3) is 0 Å². The first-order valence-corrected chi connectivity index (χ1v) is 8.21. The molecule has 0 radical (unpaired) electrons. The van der Waals surface area contributed by atoms with Gasteiger partial charge in [0.25, 0.3) is 0 Å². The van der Waals surface area contributed by atoms with Crippen LogP contribution in [-0.4, -0.2) is 6.04 Å². The zero-order chi connectivity index (χ0) is 14.7. The van der Waals surface area contributed by atoms with Crippen LogP contribution in [0, 0.1) is 6.92 Å². The number of ether oxygens (including phenoxy) is 1. The molecule has 110 valence electrons. The number of aryl methyl sites for hydroxylation is 1. The molecule has 1 saturated carbocycles. The van der Waals surface area contributed by atoms with Gasteiger partial charge in [-0.15, -0.1) is 0 Å². The van der Waals surface area contributed by atoms with E-state index in [9.17, 15) is 0 Å². The van der Waals surface area contributed by atoms with Crippen molar-refractivity contribution in [2.24, 2.45) is 0 Å². The van der Waals surface area contributed by atoms with Crippen molar-refractivity contribution in [3.63, 3.8) is 0 Å². The lowest BCUT2D eigenvalue weighted by atomic mass is 10.1. The Labute approximate surface area is 134 Å². The van der Waals surface area contributed by atoms with Gasteiger partial charge < -0.3 is 10.1 Å². The first-order valence-electron chi connectivity index (χ1n) is 7.41. The Hall–Kier alpha value is -1.32. The van der Waals surface area contributed by atoms with Gasteiger partial charge >= 0.3 is 0 Å². The predicted octanol–water partition coefficient (Wildman–Crippen LogP) is 4.59. The van der Waals surface area contributed by atoms with Crippen molar-refractivity contribution in [1.82, 2.24) is 5.32 Å². The van der Waals surface area contributed by atoms with Crippen molar-refractivity contribution in [1.29, 1.82) is 0 Å². The highest BCUT2D eigenvalue weighted by Gasteiger charge is 2.20. The Morgan fingerprint density at radius 3 is 2.62 bits per heavy atom. The molecular weight excluding hydrogens is 326 g/mol. The third kappa shape index (κ3) is 4.08. The largest absolute Gasteiger partial charge is 0.489 e. The molecule has 0 heterocycles. The molecule has 0 amide bonds.